The van der Waals surface area contributed by atoms with Crippen molar-refractivity contribution in [2.75, 3.05) is 6.26 Å². The van der Waals surface area contributed by atoms with E-state index in [0.29, 0.717) is 0 Å². The van der Waals surface area contributed by atoms with Crippen LogP contribution in [0.4, 0.5) is 0 Å². The maximum Gasteiger partial charge on any atom is 0.0181 e. The first-order chi connectivity index (χ1) is 8.35. The third kappa shape index (κ3) is 2.92. The van der Waals surface area contributed by atoms with Crippen molar-refractivity contribution in [3.8, 4) is 11.1 Å². The number of thioether (sulfide) groups is 1. The fourth-order valence-electron chi connectivity index (χ4n) is 2.10. The molecule has 0 bridgehead atoms. The van der Waals surface area contributed by atoms with Crippen molar-refractivity contribution < 1.29 is 0 Å². The maximum absolute atomic E-state index is 2.35. The average Bonchev–Trinajstić information content (AvgIpc) is 2.40. The summed E-state index contributed by atoms with van der Waals surface area (Å²) in [7, 11) is 0. The number of benzene rings is 2. The standard InChI is InChI=1S/C16H18S/c1-3-14-11-13(12-17-2)9-10-16(14)15-7-5-4-6-8-15/h4-11H,3,12H2,1-2H3. The van der Waals surface area contributed by atoms with Crippen LogP contribution in [-0.4, -0.2) is 6.26 Å². The van der Waals surface area contributed by atoms with E-state index in [0.717, 1.165) is 12.2 Å². The second-order valence-electron chi connectivity index (χ2n) is 4.14. The van der Waals surface area contributed by atoms with Gasteiger partial charge in [-0.1, -0.05) is 55.5 Å². The van der Waals surface area contributed by atoms with Crippen molar-refractivity contribution in [2.24, 2.45) is 0 Å². The van der Waals surface area contributed by atoms with Crippen LogP contribution >= 0.6 is 11.8 Å². The predicted octanol–water partition coefficient (Wildman–Crippen LogP) is 4.78. The minimum Gasteiger partial charge on any atom is -0.161 e. The van der Waals surface area contributed by atoms with Gasteiger partial charge in [-0.2, -0.15) is 11.8 Å². The lowest BCUT2D eigenvalue weighted by molar-refractivity contribution is 1.13. The molecule has 0 saturated carbocycles. The van der Waals surface area contributed by atoms with Crippen molar-refractivity contribution in [3.05, 3.63) is 59.7 Å². The molecule has 0 heterocycles. The van der Waals surface area contributed by atoms with Crippen molar-refractivity contribution in [2.45, 2.75) is 19.1 Å². The number of rotatable bonds is 4. The molecule has 17 heavy (non-hydrogen) atoms. The van der Waals surface area contributed by atoms with Gasteiger partial charge in [0, 0.05) is 5.75 Å². The zero-order chi connectivity index (χ0) is 12.1. The lowest BCUT2D eigenvalue weighted by Gasteiger charge is -2.10. The summed E-state index contributed by atoms with van der Waals surface area (Å²) >= 11 is 1.88. The first-order valence-corrected chi connectivity index (χ1v) is 7.40. The van der Waals surface area contributed by atoms with E-state index in [9.17, 15) is 0 Å². The van der Waals surface area contributed by atoms with E-state index in [1.807, 2.05) is 11.8 Å². The minimum absolute atomic E-state index is 1.09. The Morgan fingerprint density at radius 1 is 1.00 bits per heavy atom. The van der Waals surface area contributed by atoms with E-state index in [1.165, 1.54) is 22.3 Å². The molecule has 1 heteroatoms. The van der Waals surface area contributed by atoms with E-state index in [-0.39, 0.29) is 0 Å². The highest BCUT2D eigenvalue weighted by Gasteiger charge is 2.04. The summed E-state index contributed by atoms with van der Waals surface area (Å²) in [4.78, 5) is 0. The Labute approximate surface area is 108 Å². The van der Waals surface area contributed by atoms with Crippen LogP contribution < -0.4 is 0 Å². The average molecular weight is 242 g/mol. The molecule has 0 N–H and O–H groups in total. The van der Waals surface area contributed by atoms with Gasteiger partial charge in [0.15, 0.2) is 0 Å². The van der Waals surface area contributed by atoms with E-state index in [1.54, 1.807) is 0 Å². The van der Waals surface area contributed by atoms with Crippen LogP contribution in [0.25, 0.3) is 11.1 Å². The molecule has 2 rings (SSSR count). The molecule has 0 radical (unpaired) electrons. The Kier molecular flexibility index (Phi) is 4.27. The lowest BCUT2D eigenvalue weighted by atomic mass is 9.96. The third-order valence-electron chi connectivity index (χ3n) is 2.95. The molecule has 0 aliphatic carbocycles. The number of aryl methyl sites for hydroxylation is 1. The molecule has 0 amide bonds. The van der Waals surface area contributed by atoms with Crippen molar-refractivity contribution >= 4 is 11.8 Å². The summed E-state index contributed by atoms with van der Waals surface area (Å²) in [5, 5.41) is 0. The smallest absolute Gasteiger partial charge is 0.0181 e. The van der Waals surface area contributed by atoms with Gasteiger partial charge < -0.3 is 0 Å². The molecule has 0 spiro atoms. The third-order valence-corrected chi connectivity index (χ3v) is 3.57. The summed E-state index contributed by atoms with van der Waals surface area (Å²) in [6, 6.07) is 17.5. The summed E-state index contributed by atoms with van der Waals surface area (Å²) in [6.07, 6.45) is 3.24. The molecule has 0 aliphatic rings. The van der Waals surface area contributed by atoms with Gasteiger partial charge in [0.25, 0.3) is 0 Å². The van der Waals surface area contributed by atoms with E-state index in [4.69, 9.17) is 0 Å². The van der Waals surface area contributed by atoms with Gasteiger partial charge in [-0.05, 0) is 34.9 Å². The Bertz CT molecular complexity index is 474. The second kappa shape index (κ2) is 5.92. The monoisotopic (exact) mass is 242 g/mol. The van der Waals surface area contributed by atoms with Gasteiger partial charge in [0.05, 0.1) is 0 Å². The van der Waals surface area contributed by atoms with Crippen LogP contribution in [0.3, 0.4) is 0 Å². The zero-order valence-corrected chi connectivity index (χ0v) is 11.3. The minimum atomic E-state index is 1.09. The fraction of sp³-hybridized carbons (Fsp3) is 0.250. The van der Waals surface area contributed by atoms with Crippen molar-refractivity contribution in [1.82, 2.24) is 0 Å². The SMILES string of the molecule is CCc1cc(CSC)ccc1-c1ccccc1. The van der Waals surface area contributed by atoms with Gasteiger partial charge in [-0.25, -0.2) is 0 Å². The maximum atomic E-state index is 2.35. The molecule has 0 fully saturated rings. The van der Waals surface area contributed by atoms with Gasteiger partial charge >= 0.3 is 0 Å². The summed E-state index contributed by atoms with van der Waals surface area (Å²) in [5.41, 5.74) is 5.56. The number of hydrogen-bond donors (Lipinski definition) is 0. The molecule has 2 aromatic rings. The first kappa shape index (κ1) is 12.3. The molecular weight excluding hydrogens is 224 g/mol. The van der Waals surface area contributed by atoms with E-state index >= 15 is 0 Å². The lowest BCUT2D eigenvalue weighted by Crippen LogP contribution is -1.90. The Hall–Kier alpha value is -1.21. The molecule has 0 saturated heterocycles. The summed E-state index contributed by atoms with van der Waals surface area (Å²) < 4.78 is 0. The van der Waals surface area contributed by atoms with Crippen LogP contribution in [0.1, 0.15) is 18.1 Å². The van der Waals surface area contributed by atoms with Gasteiger partial charge in [0.1, 0.15) is 0 Å². The molecule has 0 aliphatic heterocycles. The summed E-state index contributed by atoms with van der Waals surface area (Å²) in [6.45, 7) is 2.23. The predicted molar refractivity (Wildman–Crippen MR) is 78.5 cm³/mol. The molecule has 88 valence electrons. The first-order valence-electron chi connectivity index (χ1n) is 6.01. The molecule has 0 unspecified atom stereocenters. The molecule has 0 aromatic heterocycles. The van der Waals surface area contributed by atoms with E-state index < -0.39 is 0 Å². The van der Waals surface area contributed by atoms with Crippen LogP contribution in [0.2, 0.25) is 0 Å². The van der Waals surface area contributed by atoms with E-state index in [2.05, 4.69) is 61.7 Å². The second-order valence-corrected chi connectivity index (χ2v) is 5.01. The summed E-state index contributed by atoms with van der Waals surface area (Å²) in [5.74, 6) is 1.10. The normalized spacial score (nSPS) is 10.5. The molecular formula is C16H18S. The molecule has 0 nitrogen and oxygen atoms in total. The van der Waals surface area contributed by atoms with Crippen LogP contribution in [0.5, 0.6) is 0 Å². The van der Waals surface area contributed by atoms with Gasteiger partial charge in [-0.3, -0.25) is 0 Å². The molecule has 2 aromatic carbocycles. The van der Waals surface area contributed by atoms with Crippen LogP contribution in [0, 0.1) is 0 Å². The fourth-order valence-corrected chi connectivity index (χ4v) is 2.61. The Morgan fingerprint density at radius 2 is 1.76 bits per heavy atom. The van der Waals surface area contributed by atoms with Crippen LogP contribution in [0.15, 0.2) is 48.5 Å². The van der Waals surface area contributed by atoms with Gasteiger partial charge in [-0.15, -0.1) is 0 Å². The Balaban J connectivity index is 2.41. The highest BCUT2D eigenvalue weighted by atomic mass is 32.2. The van der Waals surface area contributed by atoms with Crippen molar-refractivity contribution in [1.29, 1.82) is 0 Å². The van der Waals surface area contributed by atoms with Crippen LogP contribution in [-0.2, 0) is 12.2 Å². The number of hydrogen-bond acceptors (Lipinski definition) is 1. The highest BCUT2D eigenvalue weighted by Crippen LogP contribution is 2.26. The topological polar surface area (TPSA) is 0 Å². The van der Waals surface area contributed by atoms with Crippen molar-refractivity contribution in [3.63, 3.8) is 0 Å². The highest BCUT2D eigenvalue weighted by molar-refractivity contribution is 7.97. The Morgan fingerprint density at radius 3 is 2.41 bits per heavy atom. The largest absolute Gasteiger partial charge is 0.161 e. The molecule has 0 atom stereocenters. The quantitative estimate of drug-likeness (QED) is 0.743. The zero-order valence-electron chi connectivity index (χ0n) is 10.4. The van der Waals surface area contributed by atoms with Gasteiger partial charge in [0.2, 0.25) is 0 Å².